The molecule has 4 nitrogen and oxygen atoms in total. The Balaban J connectivity index is 2.67. The van der Waals surface area contributed by atoms with Crippen molar-refractivity contribution in [2.45, 2.75) is 6.92 Å². The Bertz CT molecular complexity index is 636. The maximum Gasteiger partial charge on any atom is 0.143 e. The highest BCUT2D eigenvalue weighted by Gasteiger charge is 2.14. The van der Waals surface area contributed by atoms with Crippen LogP contribution in [0, 0.1) is 6.92 Å². The maximum absolute atomic E-state index is 9.85. The number of nitrogens with zero attached hydrogens (tertiary/aromatic N) is 1. The van der Waals surface area contributed by atoms with Crippen LogP contribution in [-0.2, 0) is 0 Å². The van der Waals surface area contributed by atoms with Crippen molar-refractivity contribution >= 4 is 17.8 Å². The molecule has 2 rings (SSSR count). The summed E-state index contributed by atoms with van der Waals surface area (Å²) in [5.41, 5.74) is 2.71. The highest BCUT2D eigenvalue weighted by molar-refractivity contribution is 6.33. The smallest absolute Gasteiger partial charge is 0.143 e. The molecule has 0 fully saturated rings. The van der Waals surface area contributed by atoms with E-state index in [9.17, 15) is 10.2 Å². The van der Waals surface area contributed by atoms with Gasteiger partial charge in [0.25, 0.3) is 0 Å². The van der Waals surface area contributed by atoms with Crippen LogP contribution < -0.4 is 0 Å². The monoisotopic (exact) mass is 277 g/mol. The van der Waals surface area contributed by atoms with Gasteiger partial charge in [0.1, 0.15) is 11.5 Å². The van der Waals surface area contributed by atoms with Crippen LogP contribution in [0.25, 0.3) is 11.1 Å². The van der Waals surface area contributed by atoms with Crippen molar-refractivity contribution in [3.05, 3.63) is 46.5 Å². The zero-order valence-corrected chi connectivity index (χ0v) is 10.9. The molecule has 0 aliphatic rings. The molecule has 0 aliphatic carbocycles. The van der Waals surface area contributed by atoms with Gasteiger partial charge >= 0.3 is 0 Å². The van der Waals surface area contributed by atoms with E-state index in [0.717, 1.165) is 22.9 Å². The number of hydrogen-bond donors (Lipinski definition) is 3. The molecule has 0 spiro atoms. The van der Waals surface area contributed by atoms with E-state index in [1.165, 1.54) is 0 Å². The Kier molecular flexibility index (Phi) is 3.62. The largest absolute Gasteiger partial charge is 0.508 e. The second-order valence-corrected chi connectivity index (χ2v) is 4.49. The predicted octanol–water partition coefficient (Wildman–Crippen LogP) is 3.53. The molecular weight excluding hydrogens is 266 g/mol. The lowest BCUT2D eigenvalue weighted by Crippen LogP contribution is -1.93. The molecule has 0 aromatic heterocycles. The first-order valence-corrected chi connectivity index (χ1v) is 5.91. The summed E-state index contributed by atoms with van der Waals surface area (Å²) in [5, 5.41) is 30.9. The van der Waals surface area contributed by atoms with Crippen molar-refractivity contribution in [1.82, 2.24) is 0 Å². The normalized spacial score (nSPS) is 11.1. The average molecular weight is 278 g/mol. The molecule has 0 unspecified atom stereocenters. The highest BCUT2D eigenvalue weighted by Crippen LogP contribution is 2.36. The van der Waals surface area contributed by atoms with Gasteiger partial charge in [0.2, 0.25) is 0 Å². The minimum atomic E-state index is -0.125. The fraction of sp³-hybridized carbons (Fsp3) is 0.0714. The van der Waals surface area contributed by atoms with Gasteiger partial charge in [-0.05, 0) is 41.8 Å². The van der Waals surface area contributed by atoms with Crippen molar-refractivity contribution < 1.29 is 15.4 Å². The molecule has 2 aromatic rings. The average Bonchev–Trinajstić information content (AvgIpc) is 2.40. The molecule has 19 heavy (non-hydrogen) atoms. The Hall–Kier alpha value is -2.20. The van der Waals surface area contributed by atoms with Gasteiger partial charge in [0.05, 0.1) is 11.2 Å². The lowest BCUT2D eigenvalue weighted by molar-refractivity contribution is 0.321. The van der Waals surface area contributed by atoms with Crippen LogP contribution in [0.1, 0.15) is 11.1 Å². The molecule has 5 heteroatoms. The van der Waals surface area contributed by atoms with E-state index in [1.54, 1.807) is 37.3 Å². The van der Waals surface area contributed by atoms with Crippen LogP contribution in [0.2, 0.25) is 5.02 Å². The van der Waals surface area contributed by atoms with Crippen LogP contribution in [0.3, 0.4) is 0 Å². The lowest BCUT2D eigenvalue weighted by Gasteiger charge is -2.12. The molecule has 0 aliphatic heterocycles. The summed E-state index contributed by atoms with van der Waals surface area (Å²) < 4.78 is 0. The summed E-state index contributed by atoms with van der Waals surface area (Å²) in [4.78, 5) is 0. The third-order valence-electron chi connectivity index (χ3n) is 2.93. The highest BCUT2D eigenvalue weighted by atomic mass is 35.5. The maximum atomic E-state index is 9.85. The number of phenolic OH excluding ortho intramolecular Hbond substituents is 2. The van der Waals surface area contributed by atoms with E-state index in [-0.39, 0.29) is 16.5 Å². The summed E-state index contributed by atoms with van der Waals surface area (Å²) >= 11 is 5.97. The van der Waals surface area contributed by atoms with Gasteiger partial charge in [0.15, 0.2) is 0 Å². The Morgan fingerprint density at radius 1 is 1.16 bits per heavy atom. The van der Waals surface area contributed by atoms with Crippen LogP contribution >= 0.6 is 11.6 Å². The number of hydrogen-bond acceptors (Lipinski definition) is 4. The molecule has 0 atom stereocenters. The quantitative estimate of drug-likeness (QED) is 0.447. The van der Waals surface area contributed by atoms with Gasteiger partial charge < -0.3 is 15.4 Å². The van der Waals surface area contributed by atoms with Gasteiger partial charge in [-0.1, -0.05) is 28.9 Å². The molecule has 2 aromatic carbocycles. The second-order valence-electron chi connectivity index (χ2n) is 4.08. The minimum absolute atomic E-state index is 0.125. The Morgan fingerprint density at radius 2 is 1.79 bits per heavy atom. The van der Waals surface area contributed by atoms with Gasteiger partial charge in [-0.3, -0.25) is 0 Å². The summed E-state index contributed by atoms with van der Waals surface area (Å²) in [6, 6.07) is 8.24. The van der Waals surface area contributed by atoms with Crippen LogP contribution in [-0.4, -0.2) is 21.6 Å². The Morgan fingerprint density at radius 3 is 2.37 bits per heavy atom. The molecule has 0 saturated carbocycles. The van der Waals surface area contributed by atoms with E-state index in [2.05, 4.69) is 5.16 Å². The molecule has 0 amide bonds. The third-order valence-corrected chi connectivity index (χ3v) is 3.21. The third kappa shape index (κ3) is 2.48. The summed E-state index contributed by atoms with van der Waals surface area (Å²) in [6.07, 6.45) is 1.14. The van der Waals surface area contributed by atoms with Gasteiger partial charge in [-0.2, -0.15) is 0 Å². The van der Waals surface area contributed by atoms with E-state index < -0.39 is 0 Å². The number of oxime groups is 1. The first-order chi connectivity index (χ1) is 9.04. The van der Waals surface area contributed by atoms with Crippen LogP contribution in [0.15, 0.2) is 35.5 Å². The van der Waals surface area contributed by atoms with Gasteiger partial charge in [0, 0.05) is 5.56 Å². The number of benzene rings is 2. The zero-order chi connectivity index (χ0) is 14.0. The number of rotatable bonds is 2. The van der Waals surface area contributed by atoms with E-state index >= 15 is 0 Å². The molecule has 3 N–H and O–H groups in total. The van der Waals surface area contributed by atoms with Crippen molar-refractivity contribution in [1.29, 1.82) is 0 Å². The number of phenols is 2. The predicted molar refractivity (Wildman–Crippen MR) is 74.3 cm³/mol. The van der Waals surface area contributed by atoms with Gasteiger partial charge in [-0.25, -0.2) is 0 Å². The molecule has 0 bridgehead atoms. The van der Waals surface area contributed by atoms with Crippen LogP contribution in [0.5, 0.6) is 11.5 Å². The first-order valence-electron chi connectivity index (χ1n) is 5.53. The summed E-state index contributed by atoms with van der Waals surface area (Å²) in [6.45, 7) is 1.79. The van der Waals surface area contributed by atoms with Crippen LogP contribution in [0.4, 0.5) is 0 Å². The minimum Gasteiger partial charge on any atom is -0.508 e. The SMILES string of the molecule is Cc1c(-c2ccc(O)cc2)cc(Cl)c(O)c1/C=N/O. The fourth-order valence-corrected chi connectivity index (χ4v) is 2.12. The molecular formula is C14H12ClNO3. The topological polar surface area (TPSA) is 73.0 Å². The number of aromatic hydroxyl groups is 2. The molecule has 0 radical (unpaired) electrons. The second kappa shape index (κ2) is 5.20. The standard InChI is InChI=1S/C14H12ClNO3/c1-8-11(9-2-4-10(17)5-3-9)6-13(15)14(18)12(8)7-16-19/h2-7,17-19H,1H3/b16-7+. The summed E-state index contributed by atoms with van der Waals surface area (Å²) in [7, 11) is 0. The summed E-state index contributed by atoms with van der Waals surface area (Å²) in [5.74, 6) is 0.0444. The van der Waals surface area contributed by atoms with Crippen molar-refractivity contribution in [2.75, 3.05) is 0 Å². The Labute approximate surface area is 115 Å². The molecule has 98 valence electrons. The van der Waals surface area contributed by atoms with Crippen molar-refractivity contribution in [3.63, 3.8) is 0 Å². The lowest BCUT2D eigenvalue weighted by atomic mass is 9.96. The van der Waals surface area contributed by atoms with Gasteiger partial charge in [-0.15, -0.1) is 0 Å². The number of halogens is 1. The van der Waals surface area contributed by atoms with E-state index in [4.69, 9.17) is 16.8 Å². The zero-order valence-electron chi connectivity index (χ0n) is 10.1. The van der Waals surface area contributed by atoms with Crippen molar-refractivity contribution in [2.24, 2.45) is 5.16 Å². The first kappa shape index (κ1) is 13.2. The molecule has 0 saturated heterocycles. The van der Waals surface area contributed by atoms with E-state index in [1.807, 2.05) is 0 Å². The van der Waals surface area contributed by atoms with E-state index in [0.29, 0.717) is 5.56 Å². The molecule has 0 heterocycles. The fourth-order valence-electron chi connectivity index (χ4n) is 1.91. The van der Waals surface area contributed by atoms with Crippen molar-refractivity contribution in [3.8, 4) is 22.6 Å².